The van der Waals surface area contributed by atoms with E-state index in [4.69, 9.17) is 4.74 Å². The van der Waals surface area contributed by atoms with E-state index in [-0.39, 0.29) is 0 Å². The van der Waals surface area contributed by atoms with Crippen molar-refractivity contribution in [2.24, 2.45) is 5.41 Å². The van der Waals surface area contributed by atoms with Crippen molar-refractivity contribution in [3.63, 3.8) is 0 Å². The van der Waals surface area contributed by atoms with Gasteiger partial charge in [0.25, 0.3) is 0 Å². The van der Waals surface area contributed by atoms with Gasteiger partial charge in [0.1, 0.15) is 0 Å². The van der Waals surface area contributed by atoms with Gasteiger partial charge in [-0.25, -0.2) is 0 Å². The van der Waals surface area contributed by atoms with Gasteiger partial charge in [-0.05, 0) is 25.2 Å². The third kappa shape index (κ3) is 6.20. The maximum atomic E-state index is 5.46. The van der Waals surface area contributed by atoms with Crippen LogP contribution < -0.4 is 10.6 Å². The summed E-state index contributed by atoms with van der Waals surface area (Å²) in [6.45, 7) is 14.3. The zero-order chi connectivity index (χ0) is 12.7. The minimum absolute atomic E-state index is 0.298. The number of morpholine rings is 1. The van der Waals surface area contributed by atoms with Crippen LogP contribution in [0.1, 0.15) is 33.6 Å². The lowest BCUT2D eigenvalue weighted by Gasteiger charge is -2.29. The summed E-state index contributed by atoms with van der Waals surface area (Å²) >= 11 is 0. The van der Waals surface area contributed by atoms with Gasteiger partial charge in [0.2, 0.25) is 0 Å². The minimum atomic E-state index is 0.298. The van der Waals surface area contributed by atoms with E-state index in [0.717, 1.165) is 39.1 Å². The summed E-state index contributed by atoms with van der Waals surface area (Å²) in [7, 11) is 0. The van der Waals surface area contributed by atoms with Crippen LogP contribution in [-0.2, 0) is 4.74 Å². The standard InChI is InChI=1S/C14H28N2O/c1-5-6-14(3,4)11-16-12(2)9-13-10-17-8-7-15-13/h5,12-13,15-16H,1,6-11H2,2-4H3. The molecule has 0 aromatic carbocycles. The molecule has 0 saturated carbocycles. The zero-order valence-corrected chi connectivity index (χ0v) is 11.6. The fourth-order valence-corrected chi connectivity index (χ4v) is 2.19. The SMILES string of the molecule is C=CCC(C)(C)CNC(C)CC1COCCN1. The number of rotatable bonds is 7. The van der Waals surface area contributed by atoms with Crippen LogP contribution in [-0.4, -0.2) is 38.4 Å². The van der Waals surface area contributed by atoms with Crippen LogP contribution in [0.4, 0.5) is 0 Å². The number of ether oxygens (including phenoxy) is 1. The zero-order valence-electron chi connectivity index (χ0n) is 11.6. The van der Waals surface area contributed by atoms with Crippen molar-refractivity contribution in [3.05, 3.63) is 12.7 Å². The van der Waals surface area contributed by atoms with E-state index in [1.54, 1.807) is 0 Å². The average Bonchev–Trinajstić information content (AvgIpc) is 2.28. The van der Waals surface area contributed by atoms with Crippen molar-refractivity contribution in [1.29, 1.82) is 0 Å². The molecule has 1 rings (SSSR count). The van der Waals surface area contributed by atoms with Crippen molar-refractivity contribution < 1.29 is 4.74 Å². The van der Waals surface area contributed by atoms with Crippen LogP contribution in [0, 0.1) is 5.41 Å². The average molecular weight is 240 g/mol. The summed E-state index contributed by atoms with van der Waals surface area (Å²) in [4.78, 5) is 0. The second kappa shape index (κ2) is 7.14. The first-order valence-electron chi connectivity index (χ1n) is 6.69. The van der Waals surface area contributed by atoms with Crippen molar-refractivity contribution >= 4 is 0 Å². The molecule has 100 valence electrons. The second-order valence-corrected chi connectivity index (χ2v) is 5.90. The summed E-state index contributed by atoms with van der Waals surface area (Å²) in [6, 6.07) is 1.03. The van der Waals surface area contributed by atoms with Crippen LogP contribution in [0.15, 0.2) is 12.7 Å². The quantitative estimate of drug-likeness (QED) is 0.667. The molecule has 1 aliphatic heterocycles. The van der Waals surface area contributed by atoms with Gasteiger partial charge in [0, 0.05) is 25.2 Å². The van der Waals surface area contributed by atoms with Crippen LogP contribution in [0.2, 0.25) is 0 Å². The van der Waals surface area contributed by atoms with Crippen molar-refractivity contribution in [3.8, 4) is 0 Å². The highest BCUT2D eigenvalue weighted by molar-refractivity contribution is 4.83. The number of hydrogen-bond acceptors (Lipinski definition) is 3. The first-order valence-corrected chi connectivity index (χ1v) is 6.69. The Morgan fingerprint density at radius 2 is 2.35 bits per heavy atom. The predicted octanol–water partition coefficient (Wildman–Crippen LogP) is 1.95. The van der Waals surface area contributed by atoms with Gasteiger partial charge in [-0.1, -0.05) is 19.9 Å². The molecule has 1 aliphatic rings. The molecular weight excluding hydrogens is 212 g/mol. The summed E-state index contributed by atoms with van der Waals surface area (Å²) < 4.78 is 5.46. The lowest BCUT2D eigenvalue weighted by Crippen LogP contribution is -2.46. The molecule has 2 N–H and O–H groups in total. The Labute approximate surface area is 106 Å². The summed E-state index contributed by atoms with van der Waals surface area (Å²) in [5.74, 6) is 0. The van der Waals surface area contributed by atoms with Crippen LogP contribution in [0.5, 0.6) is 0 Å². The Hall–Kier alpha value is -0.380. The summed E-state index contributed by atoms with van der Waals surface area (Å²) in [5.41, 5.74) is 0.298. The highest BCUT2D eigenvalue weighted by Gasteiger charge is 2.19. The van der Waals surface area contributed by atoms with E-state index in [9.17, 15) is 0 Å². The minimum Gasteiger partial charge on any atom is -0.379 e. The molecule has 17 heavy (non-hydrogen) atoms. The molecule has 3 heteroatoms. The van der Waals surface area contributed by atoms with E-state index in [0.29, 0.717) is 17.5 Å². The van der Waals surface area contributed by atoms with Gasteiger partial charge < -0.3 is 15.4 Å². The van der Waals surface area contributed by atoms with Gasteiger partial charge in [-0.15, -0.1) is 6.58 Å². The topological polar surface area (TPSA) is 33.3 Å². The Morgan fingerprint density at radius 1 is 1.59 bits per heavy atom. The molecule has 1 heterocycles. The molecule has 0 aromatic rings. The van der Waals surface area contributed by atoms with E-state index in [2.05, 4.69) is 38.0 Å². The maximum absolute atomic E-state index is 5.46. The maximum Gasteiger partial charge on any atom is 0.0620 e. The first-order chi connectivity index (χ1) is 8.03. The normalized spacial score (nSPS) is 23.4. The van der Waals surface area contributed by atoms with Crippen LogP contribution >= 0.6 is 0 Å². The van der Waals surface area contributed by atoms with Gasteiger partial charge in [-0.3, -0.25) is 0 Å². The molecule has 2 atom stereocenters. The molecule has 1 saturated heterocycles. The van der Waals surface area contributed by atoms with E-state index in [1.165, 1.54) is 0 Å². The fourth-order valence-electron chi connectivity index (χ4n) is 2.19. The van der Waals surface area contributed by atoms with Gasteiger partial charge in [-0.2, -0.15) is 0 Å². The predicted molar refractivity (Wildman–Crippen MR) is 73.3 cm³/mol. The lowest BCUT2D eigenvalue weighted by atomic mass is 9.89. The van der Waals surface area contributed by atoms with Crippen LogP contribution in [0.25, 0.3) is 0 Å². The van der Waals surface area contributed by atoms with Crippen molar-refractivity contribution in [2.45, 2.75) is 45.7 Å². The summed E-state index contributed by atoms with van der Waals surface area (Å²) in [6.07, 6.45) is 4.19. The second-order valence-electron chi connectivity index (χ2n) is 5.90. The molecule has 0 aliphatic carbocycles. The molecule has 0 aromatic heterocycles. The summed E-state index contributed by atoms with van der Waals surface area (Å²) in [5, 5.41) is 7.10. The Bertz CT molecular complexity index is 222. The van der Waals surface area contributed by atoms with E-state index >= 15 is 0 Å². The molecule has 0 radical (unpaired) electrons. The Kier molecular flexibility index (Phi) is 6.17. The monoisotopic (exact) mass is 240 g/mol. The number of hydrogen-bond donors (Lipinski definition) is 2. The Balaban J connectivity index is 2.19. The fraction of sp³-hybridized carbons (Fsp3) is 0.857. The van der Waals surface area contributed by atoms with Crippen molar-refractivity contribution in [1.82, 2.24) is 10.6 Å². The first kappa shape index (κ1) is 14.7. The third-order valence-electron chi connectivity index (χ3n) is 3.26. The van der Waals surface area contributed by atoms with Gasteiger partial charge in [0.15, 0.2) is 0 Å². The largest absolute Gasteiger partial charge is 0.379 e. The molecule has 0 spiro atoms. The van der Waals surface area contributed by atoms with Crippen LogP contribution in [0.3, 0.4) is 0 Å². The highest BCUT2D eigenvalue weighted by Crippen LogP contribution is 2.19. The molecule has 0 amide bonds. The van der Waals surface area contributed by atoms with E-state index < -0.39 is 0 Å². The third-order valence-corrected chi connectivity index (χ3v) is 3.26. The smallest absolute Gasteiger partial charge is 0.0620 e. The Morgan fingerprint density at radius 3 is 2.94 bits per heavy atom. The molecule has 0 bridgehead atoms. The molecule has 1 fully saturated rings. The number of allylic oxidation sites excluding steroid dienone is 1. The van der Waals surface area contributed by atoms with Crippen molar-refractivity contribution in [2.75, 3.05) is 26.3 Å². The molecule has 3 nitrogen and oxygen atoms in total. The van der Waals surface area contributed by atoms with E-state index in [1.807, 2.05) is 6.08 Å². The highest BCUT2D eigenvalue weighted by atomic mass is 16.5. The lowest BCUT2D eigenvalue weighted by molar-refractivity contribution is 0.0708. The van der Waals surface area contributed by atoms with Gasteiger partial charge in [0.05, 0.1) is 13.2 Å². The van der Waals surface area contributed by atoms with Gasteiger partial charge >= 0.3 is 0 Å². The number of nitrogens with one attached hydrogen (secondary N) is 2. The molecular formula is C14H28N2O. The molecule has 2 unspecified atom stereocenters.